The Balaban J connectivity index is 1.67. The zero-order valence-corrected chi connectivity index (χ0v) is 15.7. The Morgan fingerprint density at radius 2 is 1.97 bits per heavy atom. The van der Waals surface area contributed by atoms with E-state index in [1.807, 2.05) is 24.3 Å². The fraction of sp³-hybridized carbons (Fsp3) is 0.136. The van der Waals surface area contributed by atoms with Crippen LogP contribution in [0.2, 0.25) is 0 Å². The second-order valence-corrected chi connectivity index (χ2v) is 6.46. The molecule has 0 aliphatic heterocycles. The molecule has 0 saturated heterocycles. The minimum Gasteiger partial charge on any atom is -0.480 e. The molecule has 0 saturated carbocycles. The van der Waals surface area contributed by atoms with Gasteiger partial charge >= 0.3 is 11.9 Å². The van der Waals surface area contributed by atoms with Crippen molar-refractivity contribution in [3.8, 4) is 5.75 Å². The van der Waals surface area contributed by atoms with Crippen molar-refractivity contribution in [2.75, 3.05) is 0 Å². The number of aromatic nitrogens is 1. The molecular formula is C22H20N2O5. The number of amides is 1. The quantitative estimate of drug-likeness (QED) is 0.325. The van der Waals surface area contributed by atoms with E-state index < -0.39 is 23.9 Å². The van der Waals surface area contributed by atoms with Crippen LogP contribution < -0.4 is 10.1 Å². The van der Waals surface area contributed by atoms with Crippen molar-refractivity contribution >= 4 is 34.8 Å². The maximum atomic E-state index is 12.2. The lowest BCUT2D eigenvalue weighted by Crippen LogP contribution is -2.41. The lowest BCUT2D eigenvalue weighted by molar-refractivity contribution is -0.141. The lowest BCUT2D eigenvalue weighted by atomic mass is 10.0. The highest BCUT2D eigenvalue weighted by Crippen LogP contribution is 2.19. The van der Waals surface area contributed by atoms with E-state index in [0.29, 0.717) is 11.3 Å². The minimum absolute atomic E-state index is 0.154. The van der Waals surface area contributed by atoms with Crippen molar-refractivity contribution in [2.45, 2.75) is 19.4 Å². The van der Waals surface area contributed by atoms with Crippen molar-refractivity contribution in [2.24, 2.45) is 0 Å². The van der Waals surface area contributed by atoms with Gasteiger partial charge < -0.3 is 20.1 Å². The van der Waals surface area contributed by atoms with Crippen LogP contribution in [-0.2, 0) is 20.8 Å². The van der Waals surface area contributed by atoms with E-state index in [1.165, 1.54) is 19.1 Å². The van der Waals surface area contributed by atoms with Crippen LogP contribution in [0.25, 0.3) is 17.0 Å². The molecule has 1 amide bonds. The van der Waals surface area contributed by atoms with Gasteiger partial charge in [-0.1, -0.05) is 30.3 Å². The van der Waals surface area contributed by atoms with Crippen molar-refractivity contribution in [1.29, 1.82) is 0 Å². The molecule has 29 heavy (non-hydrogen) atoms. The van der Waals surface area contributed by atoms with Crippen LogP contribution in [0.15, 0.2) is 60.8 Å². The van der Waals surface area contributed by atoms with Crippen molar-refractivity contribution in [3.63, 3.8) is 0 Å². The molecule has 0 aliphatic rings. The molecule has 0 bridgehead atoms. The highest BCUT2D eigenvalue weighted by Gasteiger charge is 2.21. The summed E-state index contributed by atoms with van der Waals surface area (Å²) in [5, 5.41) is 12.9. The molecule has 1 heterocycles. The average Bonchev–Trinajstić information content (AvgIpc) is 3.08. The fourth-order valence-electron chi connectivity index (χ4n) is 2.96. The lowest BCUT2D eigenvalue weighted by Gasteiger charge is -2.13. The maximum Gasteiger partial charge on any atom is 0.326 e. The Bertz CT molecular complexity index is 1080. The predicted octanol–water partition coefficient (Wildman–Crippen LogP) is 2.92. The first-order valence-electron chi connectivity index (χ1n) is 8.97. The summed E-state index contributed by atoms with van der Waals surface area (Å²) in [5.41, 5.74) is 2.36. The second-order valence-electron chi connectivity index (χ2n) is 6.46. The molecule has 1 aromatic heterocycles. The van der Waals surface area contributed by atoms with E-state index >= 15 is 0 Å². The number of carboxylic acid groups (broad SMARTS) is 1. The third-order valence-corrected chi connectivity index (χ3v) is 4.26. The van der Waals surface area contributed by atoms with Gasteiger partial charge in [0.2, 0.25) is 5.91 Å². The molecule has 0 fully saturated rings. The Morgan fingerprint density at radius 3 is 2.72 bits per heavy atom. The highest BCUT2D eigenvalue weighted by molar-refractivity contribution is 5.94. The molecule has 1 atom stereocenters. The van der Waals surface area contributed by atoms with Crippen LogP contribution >= 0.6 is 0 Å². The van der Waals surface area contributed by atoms with Crippen LogP contribution in [0.1, 0.15) is 18.1 Å². The largest absolute Gasteiger partial charge is 0.480 e. The minimum atomic E-state index is -1.12. The van der Waals surface area contributed by atoms with Crippen molar-refractivity contribution in [3.05, 3.63) is 71.9 Å². The van der Waals surface area contributed by atoms with E-state index in [9.17, 15) is 19.5 Å². The van der Waals surface area contributed by atoms with E-state index in [1.54, 1.807) is 30.5 Å². The Kier molecular flexibility index (Phi) is 6.09. The zero-order chi connectivity index (χ0) is 20.8. The van der Waals surface area contributed by atoms with Crippen LogP contribution in [0.5, 0.6) is 5.75 Å². The molecule has 148 valence electrons. The number of nitrogens with one attached hydrogen (secondary N) is 2. The van der Waals surface area contributed by atoms with Crippen LogP contribution in [0, 0.1) is 0 Å². The monoisotopic (exact) mass is 392 g/mol. The number of carbonyl (C=O) groups excluding carboxylic acids is 2. The smallest absolute Gasteiger partial charge is 0.326 e. The molecule has 3 rings (SSSR count). The summed E-state index contributed by atoms with van der Waals surface area (Å²) in [6.45, 7) is 1.30. The number of carboxylic acids is 1. The number of para-hydroxylation sites is 1. The van der Waals surface area contributed by atoms with Crippen LogP contribution in [0.4, 0.5) is 0 Å². The Morgan fingerprint density at radius 1 is 1.17 bits per heavy atom. The number of carbonyl (C=O) groups is 3. The van der Waals surface area contributed by atoms with Gasteiger partial charge in [-0.15, -0.1) is 0 Å². The molecule has 0 spiro atoms. The number of hydrogen-bond donors (Lipinski definition) is 3. The summed E-state index contributed by atoms with van der Waals surface area (Å²) >= 11 is 0. The van der Waals surface area contributed by atoms with Gasteiger partial charge in [0.25, 0.3) is 0 Å². The summed E-state index contributed by atoms with van der Waals surface area (Å²) in [5.74, 6) is -1.72. The van der Waals surface area contributed by atoms with Gasteiger partial charge in [0.15, 0.2) is 0 Å². The van der Waals surface area contributed by atoms with Gasteiger partial charge in [0, 0.05) is 36.5 Å². The van der Waals surface area contributed by atoms with E-state index in [2.05, 4.69) is 10.3 Å². The van der Waals surface area contributed by atoms with Crippen LogP contribution in [-0.4, -0.2) is 34.0 Å². The number of aliphatic carboxylic acids is 1. The molecule has 3 aromatic rings. The summed E-state index contributed by atoms with van der Waals surface area (Å²) in [7, 11) is 0. The number of hydrogen-bond acceptors (Lipinski definition) is 4. The number of benzene rings is 2. The average molecular weight is 392 g/mol. The van der Waals surface area contributed by atoms with Gasteiger partial charge in [-0.2, -0.15) is 0 Å². The molecule has 0 unspecified atom stereocenters. The number of H-pyrrole nitrogens is 1. The number of rotatable bonds is 7. The highest BCUT2D eigenvalue weighted by atomic mass is 16.5. The number of esters is 1. The predicted molar refractivity (Wildman–Crippen MR) is 108 cm³/mol. The Hall–Kier alpha value is -3.87. The first-order chi connectivity index (χ1) is 13.9. The summed E-state index contributed by atoms with van der Waals surface area (Å²) in [6, 6.07) is 13.1. The van der Waals surface area contributed by atoms with Crippen molar-refractivity contribution < 1.29 is 24.2 Å². The topological polar surface area (TPSA) is 108 Å². The van der Waals surface area contributed by atoms with E-state index in [-0.39, 0.29) is 6.42 Å². The molecule has 0 radical (unpaired) electrons. The first-order valence-corrected chi connectivity index (χ1v) is 8.97. The molecular weight excluding hydrogens is 372 g/mol. The molecule has 7 nitrogen and oxygen atoms in total. The van der Waals surface area contributed by atoms with Gasteiger partial charge in [-0.05, 0) is 35.4 Å². The van der Waals surface area contributed by atoms with Gasteiger partial charge in [0.1, 0.15) is 11.8 Å². The van der Waals surface area contributed by atoms with E-state index in [4.69, 9.17) is 4.74 Å². The summed E-state index contributed by atoms with van der Waals surface area (Å²) in [4.78, 5) is 38.0. The SMILES string of the molecule is CC(=O)Oc1cccc(/C=C/C(=O)N[C@@H](Cc2c[nH]c3ccccc23)C(=O)O)c1. The van der Waals surface area contributed by atoms with Gasteiger partial charge in [-0.25, -0.2) is 4.79 Å². The zero-order valence-electron chi connectivity index (χ0n) is 15.7. The molecule has 2 aromatic carbocycles. The van der Waals surface area contributed by atoms with Crippen molar-refractivity contribution in [1.82, 2.24) is 10.3 Å². The third-order valence-electron chi connectivity index (χ3n) is 4.26. The summed E-state index contributed by atoms with van der Waals surface area (Å²) in [6.07, 6.45) is 4.68. The van der Waals surface area contributed by atoms with E-state index in [0.717, 1.165) is 16.5 Å². The number of aromatic amines is 1. The van der Waals surface area contributed by atoms with Crippen LogP contribution in [0.3, 0.4) is 0 Å². The second kappa shape index (κ2) is 8.88. The molecule has 3 N–H and O–H groups in total. The Labute approximate surface area is 167 Å². The number of ether oxygens (including phenoxy) is 1. The standard InChI is InChI=1S/C22H20N2O5/c1-14(25)29-17-6-4-5-15(11-17)9-10-21(26)24-20(22(27)28)12-16-13-23-19-8-3-2-7-18(16)19/h2-11,13,20,23H,12H2,1H3,(H,24,26)(H,27,28)/b10-9+/t20-/m0/s1. The first kappa shape index (κ1) is 19.9. The maximum absolute atomic E-state index is 12.2. The summed E-state index contributed by atoms with van der Waals surface area (Å²) < 4.78 is 5.00. The number of fused-ring (bicyclic) bond motifs is 1. The molecule has 0 aliphatic carbocycles. The fourth-order valence-corrected chi connectivity index (χ4v) is 2.96. The van der Waals surface area contributed by atoms with Gasteiger partial charge in [0.05, 0.1) is 0 Å². The van der Waals surface area contributed by atoms with Gasteiger partial charge in [-0.3, -0.25) is 9.59 Å². The normalized spacial score (nSPS) is 12.0. The third kappa shape index (κ3) is 5.32. The molecule has 7 heteroatoms.